The molecule has 0 spiro atoms. The van der Waals surface area contributed by atoms with Crippen LogP contribution >= 0.6 is 15.9 Å². The van der Waals surface area contributed by atoms with E-state index in [0.29, 0.717) is 5.92 Å². The Morgan fingerprint density at radius 1 is 1.40 bits per heavy atom. The first-order valence-corrected chi connectivity index (χ1v) is 8.07. The molecule has 2 heterocycles. The maximum atomic E-state index is 4.48. The number of hydrogen-bond donors (Lipinski definition) is 1. The number of aromatic nitrogens is 2. The van der Waals surface area contributed by atoms with Gasteiger partial charge in [-0.2, -0.15) is 5.10 Å². The lowest BCUT2D eigenvalue weighted by atomic mass is 9.87. The van der Waals surface area contributed by atoms with Crippen LogP contribution in [0.5, 0.6) is 0 Å². The monoisotopic (exact) mass is 333 g/mol. The van der Waals surface area contributed by atoms with Gasteiger partial charge in [0, 0.05) is 25.6 Å². The number of halogens is 1. The van der Waals surface area contributed by atoms with Gasteiger partial charge in [-0.25, -0.2) is 0 Å². The predicted molar refractivity (Wildman–Crippen MR) is 84.8 cm³/mol. The molecule has 3 rings (SSSR count). The van der Waals surface area contributed by atoms with Crippen LogP contribution in [0.1, 0.15) is 36.1 Å². The molecule has 0 bridgehead atoms. The van der Waals surface area contributed by atoms with Crippen molar-refractivity contribution in [2.45, 2.75) is 38.8 Å². The Labute approximate surface area is 128 Å². The Balaban J connectivity index is 1.87. The molecule has 1 aromatic carbocycles. The molecule has 1 atom stereocenters. The fourth-order valence-corrected chi connectivity index (χ4v) is 3.45. The minimum Gasteiger partial charge on any atom is -0.312 e. The van der Waals surface area contributed by atoms with Gasteiger partial charge in [-0.15, -0.1) is 0 Å². The topological polar surface area (TPSA) is 29.9 Å². The number of benzene rings is 1. The van der Waals surface area contributed by atoms with E-state index < -0.39 is 0 Å². The van der Waals surface area contributed by atoms with Crippen molar-refractivity contribution in [3.63, 3.8) is 0 Å². The minimum absolute atomic E-state index is 0.531. The molecular weight excluding hydrogens is 314 g/mol. The number of rotatable bonds is 4. The van der Waals surface area contributed by atoms with Crippen molar-refractivity contribution in [1.29, 1.82) is 0 Å². The third kappa shape index (κ3) is 2.67. The van der Waals surface area contributed by atoms with Gasteiger partial charge in [0.05, 0.1) is 16.4 Å². The number of nitrogens with one attached hydrogen (secondary N) is 1. The number of hydrogen-bond acceptors (Lipinski definition) is 2. The van der Waals surface area contributed by atoms with Crippen molar-refractivity contribution in [3.05, 3.63) is 51.8 Å². The quantitative estimate of drug-likeness (QED) is 0.928. The van der Waals surface area contributed by atoms with Crippen LogP contribution in [0.15, 0.2) is 34.9 Å². The second kappa shape index (κ2) is 6.10. The molecule has 1 aliphatic rings. The Morgan fingerprint density at radius 2 is 2.25 bits per heavy atom. The smallest absolute Gasteiger partial charge is 0.0635 e. The summed E-state index contributed by atoms with van der Waals surface area (Å²) in [6, 6.07) is 8.78. The van der Waals surface area contributed by atoms with E-state index in [-0.39, 0.29) is 0 Å². The fourth-order valence-electron chi connectivity index (χ4n) is 3.00. The van der Waals surface area contributed by atoms with Crippen molar-refractivity contribution in [3.8, 4) is 0 Å². The molecule has 0 radical (unpaired) electrons. The van der Waals surface area contributed by atoms with Crippen LogP contribution in [0.25, 0.3) is 0 Å². The van der Waals surface area contributed by atoms with Crippen LogP contribution < -0.4 is 5.32 Å². The average Bonchev–Trinajstić information content (AvgIpc) is 2.81. The van der Waals surface area contributed by atoms with Gasteiger partial charge in [-0.1, -0.05) is 31.2 Å². The van der Waals surface area contributed by atoms with Crippen LogP contribution in [-0.2, 0) is 19.5 Å². The zero-order valence-corrected chi connectivity index (χ0v) is 13.4. The molecule has 0 aliphatic carbocycles. The molecule has 0 amide bonds. The molecule has 3 nitrogen and oxygen atoms in total. The van der Waals surface area contributed by atoms with E-state index in [9.17, 15) is 0 Å². The van der Waals surface area contributed by atoms with Gasteiger partial charge in [0.25, 0.3) is 0 Å². The summed E-state index contributed by atoms with van der Waals surface area (Å²) in [5.41, 5.74) is 4.24. The molecule has 1 N–H and O–H groups in total. The lowest BCUT2D eigenvalue weighted by Gasteiger charge is -2.26. The summed E-state index contributed by atoms with van der Waals surface area (Å²) in [5, 5.41) is 8.01. The van der Waals surface area contributed by atoms with E-state index >= 15 is 0 Å². The zero-order chi connectivity index (χ0) is 13.9. The van der Waals surface area contributed by atoms with Crippen LogP contribution in [0, 0.1) is 0 Å². The summed E-state index contributed by atoms with van der Waals surface area (Å²) in [7, 11) is 0. The van der Waals surface area contributed by atoms with Crippen LogP contribution in [0.2, 0.25) is 0 Å². The molecule has 0 fully saturated rings. The first-order chi connectivity index (χ1) is 9.79. The van der Waals surface area contributed by atoms with Gasteiger partial charge < -0.3 is 5.32 Å². The second-order valence-electron chi connectivity index (χ2n) is 5.39. The van der Waals surface area contributed by atoms with E-state index in [0.717, 1.165) is 36.9 Å². The Kier molecular flexibility index (Phi) is 4.22. The highest BCUT2D eigenvalue weighted by molar-refractivity contribution is 9.10. The molecule has 0 saturated heterocycles. The molecule has 4 heteroatoms. The van der Waals surface area contributed by atoms with Crippen LogP contribution in [-0.4, -0.2) is 16.3 Å². The predicted octanol–water partition coefficient (Wildman–Crippen LogP) is 3.49. The van der Waals surface area contributed by atoms with Gasteiger partial charge in [-0.05, 0) is 39.9 Å². The lowest BCUT2D eigenvalue weighted by molar-refractivity contribution is 0.505. The van der Waals surface area contributed by atoms with E-state index in [4.69, 9.17) is 0 Å². The van der Waals surface area contributed by atoms with E-state index in [2.05, 4.69) is 62.2 Å². The van der Waals surface area contributed by atoms with Gasteiger partial charge in [0.15, 0.2) is 0 Å². The second-order valence-corrected chi connectivity index (χ2v) is 6.25. The van der Waals surface area contributed by atoms with Crippen molar-refractivity contribution in [2.24, 2.45) is 0 Å². The summed E-state index contributed by atoms with van der Waals surface area (Å²) in [6.45, 7) is 5.21. The number of aryl methyl sites for hydroxylation is 1. The highest BCUT2D eigenvalue weighted by atomic mass is 79.9. The largest absolute Gasteiger partial charge is 0.312 e. The lowest BCUT2D eigenvalue weighted by Crippen LogP contribution is -2.29. The molecule has 0 saturated carbocycles. The van der Waals surface area contributed by atoms with E-state index in [1.54, 1.807) is 0 Å². The van der Waals surface area contributed by atoms with Gasteiger partial charge in [0.1, 0.15) is 0 Å². The van der Waals surface area contributed by atoms with Gasteiger partial charge in [0.2, 0.25) is 0 Å². The van der Waals surface area contributed by atoms with Crippen molar-refractivity contribution in [2.75, 3.05) is 6.54 Å². The van der Waals surface area contributed by atoms with Crippen LogP contribution in [0.3, 0.4) is 0 Å². The Morgan fingerprint density at radius 3 is 3.10 bits per heavy atom. The van der Waals surface area contributed by atoms with Crippen LogP contribution in [0.4, 0.5) is 0 Å². The SMILES string of the molecule is CCCn1ncc(Br)c1CC1CNCc2ccccc21. The molecule has 20 heavy (non-hydrogen) atoms. The van der Waals surface area contributed by atoms with Crippen molar-refractivity contribution in [1.82, 2.24) is 15.1 Å². The standard InChI is InChI=1S/C16H20BrN3/c1-2-7-20-16(15(17)11-19-20)8-13-10-18-9-12-5-3-4-6-14(12)13/h3-6,11,13,18H,2,7-10H2,1H3. The minimum atomic E-state index is 0.531. The highest BCUT2D eigenvalue weighted by Crippen LogP contribution is 2.29. The Bertz CT molecular complexity index is 591. The molecule has 1 aliphatic heterocycles. The summed E-state index contributed by atoms with van der Waals surface area (Å²) >= 11 is 3.65. The van der Waals surface area contributed by atoms with Crippen molar-refractivity contribution < 1.29 is 0 Å². The third-order valence-corrected chi connectivity index (χ3v) is 4.64. The molecular formula is C16H20BrN3. The Hall–Kier alpha value is -1.13. The summed E-state index contributed by atoms with van der Waals surface area (Å²) in [4.78, 5) is 0. The molecule has 2 aromatic rings. The summed E-state index contributed by atoms with van der Waals surface area (Å²) < 4.78 is 3.27. The first kappa shape index (κ1) is 13.8. The van der Waals surface area contributed by atoms with Crippen molar-refractivity contribution >= 4 is 15.9 Å². The zero-order valence-electron chi connectivity index (χ0n) is 11.8. The number of nitrogens with zero attached hydrogens (tertiary/aromatic N) is 2. The normalized spacial score (nSPS) is 18.0. The van der Waals surface area contributed by atoms with Gasteiger partial charge >= 0.3 is 0 Å². The molecule has 1 aromatic heterocycles. The summed E-state index contributed by atoms with van der Waals surface area (Å²) in [6.07, 6.45) is 4.07. The number of fused-ring (bicyclic) bond motifs is 1. The highest BCUT2D eigenvalue weighted by Gasteiger charge is 2.22. The first-order valence-electron chi connectivity index (χ1n) is 7.28. The summed E-state index contributed by atoms with van der Waals surface area (Å²) in [5.74, 6) is 0.531. The average molecular weight is 334 g/mol. The maximum absolute atomic E-state index is 4.48. The molecule has 106 valence electrons. The fraction of sp³-hybridized carbons (Fsp3) is 0.438. The third-order valence-electron chi connectivity index (χ3n) is 3.97. The molecule has 1 unspecified atom stereocenters. The van der Waals surface area contributed by atoms with E-state index in [1.165, 1.54) is 16.8 Å². The van der Waals surface area contributed by atoms with Gasteiger partial charge in [-0.3, -0.25) is 4.68 Å². The van der Waals surface area contributed by atoms with E-state index in [1.807, 2.05) is 6.20 Å². The maximum Gasteiger partial charge on any atom is 0.0635 e.